The predicted octanol–water partition coefficient (Wildman–Crippen LogP) is 3.77. The van der Waals surface area contributed by atoms with Crippen molar-refractivity contribution in [2.75, 3.05) is 0 Å². The van der Waals surface area contributed by atoms with E-state index in [-0.39, 0.29) is 11.0 Å². The van der Waals surface area contributed by atoms with Crippen LogP contribution in [0.15, 0.2) is 10.5 Å². The first kappa shape index (κ1) is 13.3. The third kappa shape index (κ3) is 3.67. The molecule has 0 fully saturated rings. The van der Waals surface area contributed by atoms with Crippen LogP contribution in [0, 0.1) is 6.92 Å². The molecule has 0 unspecified atom stereocenters. The molecule has 0 bridgehead atoms. The highest BCUT2D eigenvalue weighted by atomic mass is 16.3. The summed E-state index contributed by atoms with van der Waals surface area (Å²) in [5.41, 5.74) is 1.50. The van der Waals surface area contributed by atoms with Gasteiger partial charge in [0, 0.05) is 23.1 Å². The normalized spacial score (nSPS) is 13.2. The molecule has 0 aliphatic heterocycles. The van der Waals surface area contributed by atoms with Crippen LogP contribution in [0.5, 0.6) is 0 Å². The highest BCUT2D eigenvalue weighted by molar-refractivity contribution is 5.24. The second-order valence-electron chi connectivity index (χ2n) is 6.55. The van der Waals surface area contributed by atoms with Crippen LogP contribution in [0.3, 0.4) is 0 Å². The average Bonchev–Trinajstić information content (AvgIpc) is 2.41. The van der Waals surface area contributed by atoms with Gasteiger partial charge in [-0.3, -0.25) is 0 Å². The van der Waals surface area contributed by atoms with Crippen molar-refractivity contribution < 1.29 is 4.42 Å². The van der Waals surface area contributed by atoms with E-state index >= 15 is 0 Å². The third-order valence-electron chi connectivity index (χ3n) is 2.57. The lowest BCUT2D eigenvalue weighted by molar-refractivity contribution is 0.391. The number of furan rings is 1. The molecule has 0 aliphatic rings. The second-order valence-corrected chi connectivity index (χ2v) is 6.55. The fourth-order valence-corrected chi connectivity index (χ4v) is 1.43. The Balaban J connectivity index is 2.79. The maximum absolute atomic E-state index is 5.80. The van der Waals surface area contributed by atoms with E-state index in [1.54, 1.807) is 0 Å². The zero-order chi connectivity index (χ0) is 12.6. The van der Waals surface area contributed by atoms with Crippen molar-refractivity contribution in [1.82, 2.24) is 5.32 Å². The molecular formula is C14H25NO. The lowest BCUT2D eigenvalue weighted by Crippen LogP contribution is -2.35. The number of aryl methyl sites for hydroxylation is 1. The van der Waals surface area contributed by atoms with Crippen LogP contribution in [0.1, 0.15) is 58.6 Å². The summed E-state index contributed by atoms with van der Waals surface area (Å²) in [6.45, 7) is 15.9. The van der Waals surface area contributed by atoms with Crippen molar-refractivity contribution in [3.05, 3.63) is 23.2 Å². The van der Waals surface area contributed by atoms with E-state index in [0.29, 0.717) is 0 Å². The lowest BCUT2D eigenvalue weighted by Gasteiger charge is -2.20. The van der Waals surface area contributed by atoms with Crippen LogP contribution in [0.2, 0.25) is 0 Å². The number of hydrogen-bond acceptors (Lipinski definition) is 2. The zero-order valence-electron chi connectivity index (χ0n) is 11.7. The Bertz CT molecular complexity index is 350. The molecule has 1 N–H and O–H groups in total. The highest BCUT2D eigenvalue weighted by Crippen LogP contribution is 2.27. The van der Waals surface area contributed by atoms with Gasteiger partial charge in [-0.2, -0.15) is 0 Å². The van der Waals surface area contributed by atoms with Gasteiger partial charge in [-0.1, -0.05) is 20.8 Å². The van der Waals surface area contributed by atoms with Crippen molar-refractivity contribution in [3.63, 3.8) is 0 Å². The summed E-state index contributed by atoms with van der Waals surface area (Å²) in [6.07, 6.45) is 0. The van der Waals surface area contributed by atoms with Gasteiger partial charge >= 0.3 is 0 Å². The quantitative estimate of drug-likeness (QED) is 0.825. The van der Waals surface area contributed by atoms with Crippen molar-refractivity contribution >= 4 is 0 Å². The Morgan fingerprint density at radius 3 is 2.06 bits per heavy atom. The molecule has 0 spiro atoms. The summed E-state index contributed by atoms with van der Waals surface area (Å²) in [5, 5.41) is 3.48. The minimum Gasteiger partial charge on any atom is -0.465 e. The van der Waals surface area contributed by atoms with Crippen molar-refractivity contribution in [2.24, 2.45) is 0 Å². The maximum Gasteiger partial charge on any atom is 0.109 e. The summed E-state index contributed by atoms with van der Waals surface area (Å²) in [7, 11) is 0. The van der Waals surface area contributed by atoms with Crippen LogP contribution in [-0.2, 0) is 12.0 Å². The summed E-state index contributed by atoms with van der Waals surface area (Å²) < 4.78 is 5.80. The van der Waals surface area contributed by atoms with Crippen molar-refractivity contribution in [1.29, 1.82) is 0 Å². The summed E-state index contributed by atoms with van der Waals surface area (Å²) in [4.78, 5) is 0. The minimum absolute atomic E-state index is 0.0880. The molecule has 16 heavy (non-hydrogen) atoms. The van der Waals surface area contributed by atoms with Gasteiger partial charge in [0.2, 0.25) is 0 Å². The molecule has 0 atom stereocenters. The fourth-order valence-electron chi connectivity index (χ4n) is 1.43. The van der Waals surface area contributed by atoms with Gasteiger partial charge in [-0.15, -0.1) is 0 Å². The molecule has 0 aromatic carbocycles. The van der Waals surface area contributed by atoms with Crippen LogP contribution in [0.4, 0.5) is 0 Å². The first-order chi connectivity index (χ1) is 7.09. The number of nitrogens with one attached hydrogen (secondary N) is 1. The summed E-state index contributed by atoms with van der Waals surface area (Å²) >= 11 is 0. The van der Waals surface area contributed by atoms with E-state index in [4.69, 9.17) is 4.42 Å². The van der Waals surface area contributed by atoms with Crippen LogP contribution < -0.4 is 5.32 Å². The van der Waals surface area contributed by atoms with Crippen LogP contribution >= 0.6 is 0 Å². The standard InChI is InChI=1S/C14H25NO/c1-10-11(9-15-14(5,6)7)8-12(16-10)13(2,3)4/h8,15H,9H2,1-7H3. The molecule has 0 saturated carbocycles. The van der Waals surface area contributed by atoms with Crippen LogP contribution in [-0.4, -0.2) is 5.54 Å². The van der Waals surface area contributed by atoms with Gasteiger partial charge in [0.05, 0.1) is 0 Å². The fraction of sp³-hybridized carbons (Fsp3) is 0.714. The maximum atomic E-state index is 5.80. The van der Waals surface area contributed by atoms with Crippen molar-refractivity contribution in [3.8, 4) is 0 Å². The van der Waals surface area contributed by atoms with E-state index in [2.05, 4.69) is 52.9 Å². The van der Waals surface area contributed by atoms with Gasteiger partial charge in [0.25, 0.3) is 0 Å². The minimum atomic E-state index is 0.0880. The lowest BCUT2D eigenvalue weighted by atomic mass is 9.93. The first-order valence-corrected chi connectivity index (χ1v) is 5.94. The van der Waals surface area contributed by atoms with E-state index in [1.165, 1.54) is 5.56 Å². The molecule has 0 amide bonds. The van der Waals surface area contributed by atoms with Gasteiger partial charge in [0.1, 0.15) is 11.5 Å². The molecule has 2 nitrogen and oxygen atoms in total. The molecule has 1 aromatic heterocycles. The van der Waals surface area contributed by atoms with Gasteiger partial charge in [-0.05, 0) is 33.8 Å². The topological polar surface area (TPSA) is 25.2 Å². The van der Waals surface area contributed by atoms with Gasteiger partial charge in [0.15, 0.2) is 0 Å². The monoisotopic (exact) mass is 223 g/mol. The first-order valence-electron chi connectivity index (χ1n) is 5.94. The summed E-state index contributed by atoms with van der Waals surface area (Å²) in [6, 6.07) is 2.17. The average molecular weight is 223 g/mol. The predicted molar refractivity (Wildman–Crippen MR) is 68.7 cm³/mol. The molecule has 0 radical (unpaired) electrons. The molecule has 0 saturated heterocycles. The van der Waals surface area contributed by atoms with E-state index in [1.807, 2.05) is 6.92 Å². The van der Waals surface area contributed by atoms with Crippen LogP contribution in [0.25, 0.3) is 0 Å². The Hall–Kier alpha value is -0.760. The van der Waals surface area contributed by atoms with Crippen molar-refractivity contribution in [2.45, 2.75) is 66.0 Å². The van der Waals surface area contributed by atoms with E-state index in [9.17, 15) is 0 Å². The second kappa shape index (κ2) is 4.25. The largest absolute Gasteiger partial charge is 0.465 e. The third-order valence-corrected chi connectivity index (χ3v) is 2.57. The molecule has 92 valence electrons. The Labute approximate surface area is 99.4 Å². The number of hydrogen-bond donors (Lipinski definition) is 1. The highest BCUT2D eigenvalue weighted by Gasteiger charge is 2.20. The van der Waals surface area contributed by atoms with Gasteiger partial charge < -0.3 is 9.73 Å². The van der Waals surface area contributed by atoms with E-state index < -0.39 is 0 Å². The number of rotatable bonds is 2. The SMILES string of the molecule is Cc1oc(C(C)(C)C)cc1CNC(C)(C)C. The Morgan fingerprint density at radius 1 is 1.12 bits per heavy atom. The zero-order valence-corrected chi connectivity index (χ0v) is 11.7. The Kier molecular flexibility index (Phi) is 3.53. The summed E-state index contributed by atoms with van der Waals surface area (Å²) in [5.74, 6) is 2.09. The molecule has 0 aliphatic carbocycles. The molecule has 1 rings (SSSR count). The smallest absolute Gasteiger partial charge is 0.109 e. The molecule has 1 aromatic rings. The molecule has 1 heterocycles. The molecule has 2 heteroatoms. The van der Waals surface area contributed by atoms with Gasteiger partial charge in [-0.25, -0.2) is 0 Å². The molecular weight excluding hydrogens is 198 g/mol. The van der Waals surface area contributed by atoms with E-state index in [0.717, 1.165) is 18.1 Å². The Morgan fingerprint density at radius 2 is 1.69 bits per heavy atom.